The van der Waals surface area contributed by atoms with E-state index in [1.165, 1.54) is 0 Å². The van der Waals surface area contributed by atoms with Crippen LogP contribution in [0.1, 0.15) is 12.8 Å². The molecule has 20 heavy (non-hydrogen) atoms. The Bertz CT molecular complexity index is 622. The van der Waals surface area contributed by atoms with Gasteiger partial charge >= 0.3 is 0 Å². The van der Waals surface area contributed by atoms with E-state index in [1.807, 2.05) is 12.2 Å². The van der Waals surface area contributed by atoms with Gasteiger partial charge in [0.1, 0.15) is 11.3 Å². The number of rotatable bonds is 0. The Hall–Kier alpha value is -1.89. The number of nitriles is 2. The molecule has 1 saturated carbocycles. The molecule has 0 aromatic carbocycles. The van der Waals surface area contributed by atoms with Crippen molar-refractivity contribution in [2.75, 3.05) is 13.2 Å². The minimum absolute atomic E-state index is 0.104. The highest BCUT2D eigenvalue weighted by Gasteiger charge is 2.80. The van der Waals surface area contributed by atoms with Gasteiger partial charge in [0.15, 0.2) is 5.41 Å². The van der Waals surface area contributed by atoms with E-state index in [0.717, 1.165) is 12.8 Å². The molecular weight excluding hydrogens is 256 g/mol. The van der Waals surface area contributed by atoms with E-state index < -0.39 is 16.7 Å². The average Bonchev–Trinajstić information content (AvgIpc) is 3.04. The number of amidine groups is 1. The summed E-state index contributed by atoms with van der Waals surface area (Å²) in [5, 5.41) is 19.9. The standard InChI is InChI=1S/C14H14N4O2/c15-7-12-9-1-3-10(4-2-9)13(12,8-16)14(18-11(12)17)19-5-6-20-14/h1,3,9-10H,2,4-6H2,(H2,17,18)/t9-,10-,12+,13-/m0/s1. The predicted octanol–water partition coefficient (Wildman–Crippen LogP) is 0.674. The maximum absolute atomic E-state index is 9.99. The zero-order chi connectivity index (χ0) is 14.0. The lowest BCUT2D eigenvalue weighted by Gasteiger charge is -2.54. The van der Waals surface area contributed by atoms with Crippen molar-refractivity contribution in [2.45, 2.75) is 18.8 Å². The maximum Gasteiger partial charge on any atom is 0.293 e. The first-order valence-electron chi connectivity index (χ1n) is 6.81. The summed E-state index contributed by atoms with van der Waals surface area (Å²) in [7, 11) is 0. The molecule has 2 bridgehead atoms. The van der Waals surface area contributed by atoms with Gasteiger partial charge in [-0.2, -0.15) is 10.5 Å². The lowest BCUT2D eigenvalue weighted by Crippen LogP contribution is -2.64. The Labute approximate surface area is 116 Å². The number of hydrogen-bond donors (Lipinski definition) is 1. The van der Waals surface area contributed by atoms with Gasteiger partial charge in [-0.25, -0.2) is 4.99 Å². The zero-order valence-electron chi connectivity index (χ0n) is 10.9. The molecule has 6 nitrogen and oxygen atoms in total. The number of ether oxygens (including phenoxy) is 2. The Morgan fingerprint density at radius 2 is 1.80 bits per heavy atom. The van der Waals surface area contributed by atoms with Crippen LogP contribution in [0.4, 0.5) is 0 Å². The molecule has 1 saturated heterocycles. The van der Waals surface area contributed by atoms with Gasteiger partial charge < -0.3 is 15.2 Å². The van der Waals surface area contributed by atoms with Crippen LogP contribution in [0.25, 0.3) is 0 Å². The number of nitrogens with zero attached hydrogens (tertiary/aromatic N) is 3. The van der Waals surface area contributed by atoms with E-state index in [1.54, 1.807) is 0 Å². The third-order valence-electron chi connectivity index (χ3n) is 5.30. The first-order chi connectivity index (χ1) is 9.67. The Morgan fingerprint density at radius 1 is 1.15 bits per heavy atom. The van der Waals surface area contributed by atoms with Crippen LogP contribution in [-0.4, -0.2) is 25.0 Å². The summed E-state index contributed by atoms with van der Waals surface area (Å²) < 4.78 is 11.4. The van der Waals surface area contributed by atoms with Gasteiger partial charge in [0, 0.05) is 11.8 Å². The van der Waals surface area contributed by atoms with E-state index in [2.05, 4.69) is 17.1 Å². The minimum Gasteiger partial charge on any atom is -0.386 e. The molecule has 0 unspecified atom stereocenters. The van der Waals surface area contributed by atoms with E-state index in [4.69, 9.17) is 15.2 Å². The first-order valence-corrected chi connectivity index (χ1v) is 6.81. The second-order valence-electron chi connectivity index (χ2n) is 5.79. The van der Waals surface area contributed by atoms with Crippen molar-refractivity contribution in [3.05, 3.63) is 12.2 Å². The van der Waals surface area contributed by atoms with Crippen molar-refractivity contribution in [3.8, 4) is 12.1 Å². The molecule has 0 aromatic heterocycles. The number of allylic oxidation sites excluding steroid dienone is 2. The monoisotopic (exact) mass is 270 g/mol. The fourth-order valence-electron chi connectivity index (χ4n) is 4.50. The SMILES string of the molecule is N#C[C@@]12C(N)=NC3(OCCO3)[C@@]1(C#N)[C@H]1C=C[C@H]2CC1. The molecule has 0 amide bonds. The summed E-state index contributed by atoms with van der Waals surface area (Å²) in [6.45, 7) is 0.728. The summed E-state index contributed by atoms with van der Waals surface area (Å²) >= 11 is 0. The molecule has 2 heterocycles. The molecular formula is C14H14N4O2. The smallest absolute Gasteiger partial charge is 0.293 e. The summed E-state index contributed by atoms with van der Waals surface area (Å²) in [6, 6.07) is 4.66. The van der Waals surface area contributed by atoms with Crippen LogP contribution < -0.4 is 5.73 Å². The third-order valence-corrected chi connectivity index (χ3v) is 5.30. The molecule has 4 atom stereocenters. The van der Waals surface area contributed by atoms with Crippen molar-refractivity contribution < 1.29 is 9.47 Å². The average molecular weight is 270 g/mol. The zero-order valence-corrected chi connectivity index (χ0v) is 10.9. The fourth-order valence-corrected chi connectivity index (χ4v) is 4.50. The highest BCUT2D eigenvalue weighted by molar-refractivity contribution is 5.95. The van der Waals surface area contributed by atoms with Crippen molar-refractivity contribution in [1.82, 2.24) is 0 Å². The van der Waals surface area contributed by atoms with Gasteiger partial charge in [0.05, 0.1) is 25.4 Å². The largest absolute Gasteiger partial charge is 0.386 e. The van der Waals surface area contributed by atoms with Crippen LogP contribution in [0, 0.1) is 45.3 Å². The molecule has 0 aromatic rings. The summed E-state index contributed by atoms with van der Waals surface area (Å²) in [5.74, 6) is -1.45. The first kappa shape index (κ1) is 11.9. The second-order valence-corrected chi connectivity index (χ2v) is 5.79. The van der Waals surface area contributed by atoms with Gasteiger partial charge in [-0.1, -0.05) is 12.2 Å². The topological polar surface area (TPSA) is 104 Å². The molecule has 102 valence electrons. The normalized spacial score (nSPS) is 46.8. The van der Waals surface area contributed by atoms with E-state index in [0.29, 0.717) is 13.2 Å². The van der Waals surface area contributed by atoms with Crippen molar-refractivity contribution in [2.24, 2.45) is 33.4 Å². The molecule has 3 aliphatic carbocycles. The van der Waals surface area contributed by atoms with E-state index in [-0.39, 0.29) is 17.7 Å². The number of aliphatic imine (C=N–C) groups is 1. The Balaban J connectivity index is 2.05. The Morgan fingerprint density at radius 3 is 2.35 bits per heavy atom. The van der Waals surface area contributed by atoms with Gasteiger partial charge in [-0.15, -0.1) is 0 Å². The lowest BCUT2D eigenvalue weighted by molar-refractivity contribution is -0.244. The molecule has 2 aliphatic heterocycles. The molecule has 5 rings (SSSR count). The van der Waals surface area contributed by atoms with Crippen LogP contribution in [-0.2, 0) is 9.47 Å². The molecule has 6 heteroatoms. The van der Waals surface area contributed by atoms with Gasteiger partial charge in [0.2, 0.25) is 0 Å². The molecule has 5 aliphatic rings. The van der Waals surface area contributed by atoms with E-state index in [9.17, 15) is 10.5 Å². The van der Waals surface area contributed by atoms with Crippen LogP contribution in [0.15, 0.2) is 17.1 Å². The van der Waals surface area contributed by atoms with Gasteiger partial charge in [0.25, 0.3) is 5.91 Å². The van der Waals surface area contributed by atoms with Gasteiger partial charge in [-0.05, 0) is 12.8 Å². The van der Waals surface area contributed by atoms with Crippen LogP contribution in [0.5, 0.6) is 0 Å². The quantitative estimate of drug-likeness (QED) is 0.651. The van der Waals surface area contributed by atoms with Crippen molar-refractivity contribution >= 4 is 5.84 Å². The number of nitrogens with two attached hydrogens (primary N) is 1. The predicted molar refractivity (Wildman–Crippen MR) is 67.7 cm³/mol. The Kier molecular flexibility index (Phi) is 2.03. The summed E-state index contributed by atoms with van der Waals surface area (Å²) in [4.78, 5) is 4.36. The third kappa shape index (κ3) is 0.895. The second kappa shape index (κ2) is 3.41. The van der Waals surface area contributed by atoms with Gasteiger partial charge in [-0.3, -0.25) is 0 Å². The molecule has 2 N–H and O–H groups in total. The van der Waals surface area contributed by atoms with Crippen molar-refractivity contribution in [1.29, 1.82) is 10.5 Å². The van der Waals surface area contributed by atoms with E-state index >= 15 is 0 Å². The van der Waals surface area contributed by atoms with Crippen LogP contribution in [0.3, 0.4) is 0 Å². The van der Waals surface area contributed by atoms with Crippen LogP contribution in [0.2, 0.25) is 0 Å². The molecule has 1 spiro atoms. The summed E-state index contributed by atoms with van der Waals surface area (Å²) in [6.07, 6.45) is 5.68. The lowest BCUT2D eigenvalue weighted by atomic mass is 9.45. The number of fused-ring (bicyclic) bond motifs is 1. The minimum atomic E-state index is -1.41. The fraction of sp³-hybridized carbons (Fsp3) is 0.643. The molecule has 0 radical (unpaired) electrons. The number of hydrogen-bond acceptors (Lipinski definition) is 6. The van der Waals surface area contributed by atoms with Crippen molar-refractivity contribution in [3.63, 3.8) is 0 Å². The highest BCUT2D eigenvalue weighted by atomic mass is 16.8. The van der Waals surface area contributed by atoms with Crippen LogP contribution >= 0.6 is 0 Å². The summed E-state index contributed by atoms with van der Waals surface area (Å²) in [5.41, 5.74) is 3.81. The highest BCUT2D eigenvalue weighted by Crippen LogP contribution is 2.69. The maximum atomic E-state index is 9.99. The molecule has 2 fully saturated rings.